The summed E-state index contributed by atoms with van der Waals surface area (Å²) in [5, 5.41) is 12.7. The number of hydrogen-bond donors (Lipinski definition) is 1. The van der Waals surface area contributed by atoms with Gasteiger partial charge in [-0.1, -0.05) is 24.3 Å². The number of nitrogens with one attached hydrogen (secondary N) is 1. The van der Waals surface area contributed by atoms with Crippen molar-refractivity contribution >= 4 is 34.7 Å². The molecule has 7 heteroatoms. The number of para-hydroxylation sites is 1. The van der Waals surface area contributed by atoms with Gasteiger partial charge in [-0.2, -0.15) is 5.26 Å². The van der Waals surface area contributed by atoms with Crippen LogP contribution in [0.1, 0.15) is 5.56 Å². The Hall–Kier alpha value is -3.92. The Morgan fingerprint density at radius 1 is 1.26 bits per heavy atom. The molecule has 7 nitrogen and oxygen atoms in total. The zero-order valence-electron chi connectivity index (χ0n) is 14.5. The van der Waals surface area contributed by atoms with E-state index in [0.29, 0.717) is 11.4 Å². The SMILES string of the molecule is COC(=O)/C(C#N)=C/c1cn(CC(=O)Nc2ccccn2)c2ccccc12. The zero-order valence-corrected chi connectivity index (χ0v) is 14.5. The van der Waals surface area contributed by atoms with Crippen LogP contribution in [-0.4, -0.2) is 28.5 Å². The first-order valence-electron chi connectivity index (χ1n) is 8.11. The molecule has 2 heterocycles. The third-order valence-corrected chi connectivity index (χ3v) is 3.89. The van der Waals surface area contributed by atoms with Crippen LogP contribution in [0.4, 0.5) is 5.82 Å². The van der Waals surface area contributed by atoms with Crippen molar-refractivity contribution in [3.63, 3.8) is 0 Å². The molecular weight excluding hydrogens is 344 g/mol. The lowest BCUT2D eigenvalue weighted by molar-refractivity contribution is -0.135. The molecule has 0 saturated heterocycles. The molecule has 1 N–H and O–H groups in total. The number of methoxy groups -OCH3 is 1. The summed E-state index contributed by atoms with van der Waals surface area (Å²) in [6.07, 6.45) is 4.78. The van der Waals surface area contributed by atoms with Gasteiger partial charge in [0, 0.05) is 28.9 Å². The van der Waals surface area contributed by atoms with Crippen LogP contribution >= 0.6 is 0 Å². The van der Waals surface area contributed by atoms with Crippen LogP contribution in [0.25, 0.3) is 17.0 Å². The third-order valence-electron chi connectivity index (χ3n) is 3.89. The van der Waals surface area contributed by atoms with E-state index in [9.17, 15) is 14.9 Å². The molecule has 0 fully saturated rings. The third kappa shape index (κ3) is 4.02. The van der Waals surface area contributed by atoms with Gasteiger partial charge in [0.1, 0.15) is 24.0 Å². The van der Waals surface area contributed by atoms with E-state index in [1.807, 2.05) is 30.3 Å². The Labute approximate surface area is 155 Å². The number of hydrogen-bond acceptors (Lipinski definition) is 5. The van der Waals surface area contributed by atoms with Crippen molar-refractivity contribution < 1.29 is 14.3 Å². The first-order valence-corrected chi connectivity index (χ1v) is 8.11. The highest BCUT2D eigenvalue weighted by Crippen LogP contribution is 2.24. The number of amides is 1. The van der Waals surface area contributed by atoms with Crippen LogP contribution in [0.5, 0.6) is 0 Å². The van der Waals surface area contributed by atoms with Gasteiger partial charge in [0.05, 0.1) is 7.11 Å². The zero-order chi connectivity index (χ0) is 19.2. The number of ether oxygens (including phenoxy) is 1. The molecule has 0 spiro atoms. The molecule has 2 aromatic heterocycles. The van der Waals surface area contributed by atoms with E-state index in [-0.39, 0.29) is 18.0 Å². The highest BCUT2D eigenvalue weighted by molar-refractivity contribution is 6.01. The molecule has 134 valence electrons. The predicted octanol–water partition coefficient (Wildman–Crippen LogP) is 2.75. The molecule has 0 radical (unpaired) electrons. The Morgan fingerprint density at radius 2 is 2.04 bits per heavy atom. The van der Waals surface area contributed by atoms with Crippen molar-refractivity contribution in [2.24, 2.45) is 0 Å². The van der Waals surface area contributed by atoms with Gasteiger partial charge in [0.25, 0.3) is 0 Å². The summed E-state index contributed by atoms with van der Waals surface area (Å²) in [4.78, 5) is 28.1. The van der Waals surface area contributed by atoms with Gasteiger partial charge in [-0.25, -0.2) is 9.78 Å². The molecule has 0 bridgehead atoms. The van der Waals surface area contributed by atoms with Gasteiger partial charge in [0.15, 0.2) is 0 Å². The monoisotopic (exact) mass is 360 g/mol. The van der Waals surface area contributed by atoms with E-state index in [1.165, 1.54) is 13.2 Å². The Bertz CT molecular complexity index is 1060. The summed E-state index contributed by atoms with van der Waals surface area (Å²) in [6.45, 7) is 0.0606. The number of pyridine rings is 1. The minimum Gasteiger partial charge on any atom is -0.465 e. The number of rotatable bonds is 5. The van der Waals surface area contributed by atoms with E-state index in [4.69, 9.17) is 0 Å². The smallest absolute Gasteiger partial charge is 0.348 e. The van der Waals surface area contributed by atoms with Gasteiger partial charge < -0.3 is 14.6 Å². The summed E-state index contributed by atoms with van der Waals surface area (Å²) in [7, 11) is 1.22. The van der Waals surface area contributed by atoms with Crippen LogP contribution in [-0.2, 0) is 20.9 Å². The minimum absolute atomic E-state index is 0.0606. The normalized spacial score (nSPS) is 11.0. The van der Waals surface area contributed by atoms with Gasteiger partial charge in [-0.05, 0) is 24.3 Å². The summed E-state index contributed by atoms with van der Waals surface area (Å²) in [6, 6.07) is 14.5. The fourth-order valence-corrected chi connectivity index (χ4v) is 2.70. The molecule has 27 heavy (non-hydrogen) atoms. The van der Waals surface area contributed by atoms with Gasteiger partial charge in [-0.15, -0.1) is 0 Å². The molecule has 0 saturated carbocycles. The maximum absolute atomic E-state index is 12.4. The average molecular weight is 360 g/mol. The van der Waals surface area contributed by atoms with Crippen molar-refractivity contribution in [3.05, 3.63) is 66.0 Å². The number of nitrogens with zero attached hydrogens (tertiary/aromatic N) is 3. The second-order valence-corrected chi connectivity index (χ2v) is 5.65. The van der Waals surface area contributed by atoms with Crippen LogP contribution in [0.15, 0.2) is 60.4 Å². The number of nitriles is 1. The highest BCUT2D eigenvalue weighted by Gasteiger charge is 2.14. The summed E-state index contributed by atoms with van der Waals surface area (Å²) in [5.74, 6) is -0.475. The maximum atomic E-state index is 12.4. The average Bonchev–Trinajstić information content (AvgIpc) is 3.03. The van der Waals surface area contributed by atoms with E-state index < -0.39 is 5.97 Å². The van der Waals surface area contributed by atoms with Gasteiger partial charge >= 0.3 is 5.97 Å². The van der Waals surface area contributed by atoms with E-state index in [0.717, 1.165) is 10.9 Å². The van der Waals surface area contributed by atoms with E-state index in [1.54, 1.807) is 35.2 Å². The molecule has 0 aliphatic rings. The lowest BCUT2D eigenvalue weighted by Crippen LogP contribution is -2.18. The number of anilines is 1. The largest absolute Gasteiger partial charge is 0.465 e. The lowest BCUT2D eigenvalue weighted by Gasteiger charge is -2.06. The molecular formula is C20H16N4O3. The molecule has 3 aromatic rings. The Morgan fingerprint density at radius 3 is 2.74 bits per heavy atom. The van der Waals surface area contributed by atoms with Crippen molar-refractivity contribution in [2.75, 3.05) is 12.4 Å². The minimum atomic E-state index is -0.706. The van der Waals surface area contributed by atoms with E-state index in [2.05, 4.69) is 15.0 Å². The van der Waals surface area contributed by atoms with Gasteiger partial charge in [-0.3, -0.25) is 4.79 Å². The van der Waals surface area contributed by atoms with Crippen LogP contribution in [0.2, 0.25) is 0 Å². The lowest BCUT2D eigenvalue weighted by atomic mass is 10.1. The number of aromatic nitrogens is 2. The van der Waals surface area contributed by atoms with Crippen LogP contribution < -0.4 is 5.32 Å². The summed E-state index contributed by atoms with van der Waals surface area (Å²) < 4.78 is 6.37. The van der Waals surface area contributed by atoms with Crippen LogP contribution in [0.3, 0.4) is 0 Å². The maximum Gasteiger partial charge on any atom is 0.348 e. The number of esters is 1. The number of carbonyl (C=O) groups is 2. The fraction of sp³-hybridized carbons (Fsp3) is 0.100. The second-order valence-electron chi connectivity index (χ2n) is 5.65. The molecule has 0 aliphatic heterocycles. The van der Waals surface area contributed by atoms with Crippen LogP contribution in [0, 0.1) is 11.3 Å². The topological polar surface area (TPSA) is 97.0 Å². The Kier molecular flexibility index (Phi) is 5.28. The molecule has 1 amide bonds. The quantitative estimate of drug-likeness (QED) is 0.429. The van der Waals surface area contributed by atoms with Gasteiger partial charge in [0.2, 0.25) is 5.91 Å². The first-order chi connectivity index (χ1) is 13.1. The Balaban J connectivity index is 1.93. The standard InChI is InChI=1S/C20H16N4O3/c1-27-20(26)14(11-21)10-15-12-24(17-7-3-2-6-16(15)17)13-19(25)23-18-8-4-5-9-22-18/h2-10,12H,13H2,1H3,(H,22,23,25)/b14-10+. The molecule has 0 unspecified atom stereocenters. The second kappa shape index (κ2) is 7.97. The number of carbonyl (C=O) groups excluding carboxylic acids is 2. The number of benzene rings is 1. The molecule has 1 aromatic carbocycles. The van der Waals surface area contributed by atoms with Crippen molar-refractivity contribution in [2.45, 2.75) is 6.54 Å². The van der Waals surface area contributed by atoms with Crippen molar-refractivity contribution in [1.29, 1.82) is 5.26 Å². The molecule has 3 rings (SSSR count). The highest BCUT2D eigenvalue weighted by atomic mass is 16.5. The summed E-state index contributed by atoms with van der Waals surface area (Å²) in [5.41, 5.74) is 1.35. The molecule has 0 aliphatic carbocycles. The van der Waals surface area contributed by atoms with Crippen molar-refractivity contribution in [3.8, 4) is 6.07 Å². The number of fused-ring (bicyclic) bond motifs is 1. The van der Waals surface area contributed by atoms with E-state index >= 15 is 0 Å². The fourth-order valence-electron chi connectivity index (χ4n) is 2.70. The first kappa shape index (κ1) is 17.9. The molecule has 0 atom stereocenters. The summed E-state index contributed by atoms with van der Waals surface area (Å²) >= 11 is 0. The van der Waals surface area contributed by atoms with Crippen molar-refractivity contribution in [1.82, 2.24) is 9.55 Å². The predicted molar refractivity (Wildman–Crippen MR) is 100 cm³/mol.